The Kier molecular flexibility index (Phi) is 6.61. The lowest BCUT2D eigenvalue weighted by atomic mass is 9.95. The van der Waals surface area contributed by atoms with Crippen LogP contribution >= 0.6 is 28.1 Å². The van der Waals surface area contributed by atoms with Crippen molar-refractivity contribution in [2.45, 2.75) is 12.8 Å². The van der Waals surface area contributed by atoms with Crippen LogP contribution in [-0.4, -0.2) is 54.3 Å². The van der Waals surface area contributed by atoms with Gasteiger partial charge in [-0.25, -0.2) is 4.99 Å². The fourth-order valence-corrected chi connectivity index (χ4v) is 2.97. The molecule has 1 heterocycles. The van der Waals surface area contributed by atoms with Gasteiger partial charge in [0.05, 0.1) is 12.3 Å². The first-order valence-electron chi connectivity index (χ1n) is 7.28. The largest absolute Gasteiger partial charge is 0.383 e. The van der Waals surface area contributed by atoms with Crippen molar-refractivity contribution in [2.75, 3.05) is 26.8 Å². The number of halogens is 1. The zero-order valence-electron chi connectivity index (χ0n) is 12.8. The third-order valence-corrected chi connectivity index (χ3v) is 4.30. The summed E-state index contributed by atoms with van der Waals surface area (Å²) in [5.41, 5.74) is 0.664. The molecule has 0 spiro atoms. The third kappa shape index (κ3) is 4.79. The number of fused-ring (bicyclic) bond motifs is 1. The highest BCUT2D eigenvalue weighted by atomic mass is 79.9. The maximum absolute atomic E-state index is 12.5. The Morgan fingerprint density at radius 1 is 1.52 bits per heavy atom. The average molecular weight is 400 g/mol. The van der Waals surface area contributed by atoms with Gasteiger partial charge in [-0.3, -0.25) is 14.5 Å². The van der Waals surface area contributed by atoms with Gasteiger partial charge in [0.25, 0.3) is 0 Å². The van der Waals surface area contributed by atoms with Crippen LogP contribution in [-0.2, 0) is 14.3 Å². The van der Waals surface area contributed by atoms with Crippen LogP contribution in [0.25, 0.3) is 0 Å². The molecule has 0 saturated carbocycles. The summed E-state index contributed by atoms with van der Waals surface area (Å²) in [7, 11) is 1.58. The lowest BCUT2D eigenvalue weighted by Gasteiger charge is -2.30. The third-order valence-electron chi connectivity index (χ3n) is 3.46. The van der Waals surface area contributed by atoms with Gasteiger partial charge < -0.3 is 10.1 Å². The van der Waals surface area contributed by atoms with Crippen LogP contribution < -0.4 is 5.32 Å². The number of amides is 2. The van der Waals surface area contributed by atoms with E-state index in [2.05, 4.69) is 26.2 Å². The first kappa shape index (κ1) is 18.0. The molecule has 124 valence electrons. The molecule has 0 fully saturated rings. The number of aliphatic imine (C=N–C) groups is 1. The molecule has 23 heavy (non-hydrogen) atoms. The molecule has 0 saturated heterocycles. The molecule has 1 N–H and O–H groups in total. The van der Waals surface area contributed by atoms with Gasteiger partial charge in [-0.15, -0.1) is 0 Å². The van der Waals surface area contributed by atoms with Crippen LogP contribution in [0, 0.1) is 5.92 Å². The lowest BCUT2D eigenvalue weighted by Crippen LogP contribution is -2.46. The van der Waals surface area contributed by atoms with Gasteiger partial charge in [0.2, 0.25) is 16.9 Å². The molecule has 0 aromatic carbocycles. The fourth-order valence-electron chi connectivity index (χ4n) is 2.29. The van der Waals surface area contributed by atoms with Crippen molar-refractivity contribution in [3.63, 3.8) is 0 Å². The molecule has 8 heteroatoms. The second-order valence-electron chi connectivity index (χ2n) is 5.12. The van der Waals surface area contributed by atoms with Gasteiger partial charge >= 0.3 is 0 Å². The Labute approximate surface area is 148 Å². The highest BCUT2D eigenvalue weighted by molar-refractivity contribution is 9.11. The second-order valence-corrected chi connectivity index (χ2v) is 6.40. The number of nitrogens with one attached hydrogen (secondary N) is 1. The molecular weight excluding hydrogens is 382 g/mol. The molecule has 2 rings (SSSR count). The zero-order chi connectivity index (χ0) is 16.8. The Morgan fingerprint density at radius 3 is 3.04 bits per heavy atom. The summed E-state index contributed by atoms with van der Waals surface area (Å²) in [4.78, 5) is 30.0. The smallest absolute Gasteiger partial charge is 0.241 e. The molecule has 0 aromatic heterocycles. The number of hydrogen-bond acceptors (Lipinski definition) is 4. The number of ether oxygens (including phenoxy) is 1. The summed E-state index contributed by atoms with van der Waals surface area (Å²) in [6.07, 6.45) is 6.30. The van der Waals surface area contributed by atoms with Crippen molar-refractivity contribution >= 4 is 50.8 Å². The summed E-state index contributed by atoms with van der Waals surface area (Å²) in [5, 5.41) is 3.00. The van der Waals surface area contributed by atoms with E-state index >= 15 is 0 Å². The summed E-state index contributed by atoms with van der Waals surface area (Å²) >= 11 is 8.57. The van der Waals surface area contributed by atoms with Crippen LogP contribution in [0.1, 0.15) is 12.8 Å². The molecule has 1 unspecified atom stereocenters. The monoisotopic (exact) mass is 399 g/mol. The minimum absolute atomic E-state index is 0.0649. The first-order chi connectivity index (χ1) is 11.0. The maximum atomic E-state index is 12.5. The Morgan fingerprint density at radius 2 is 2.30 bits per heavy atom. The van der Waals surface area contributed by atoms with Crippen LogP contribution in [0.15, 0.2) is 27.7 Å². The van der Waals surface area contributed by atoms with Crippen LogP contribution in [0.5, 0.6) is 0 Å². The van der Waals surface area contributed by atoms with Crippen molar-refractivity contribution in [1.29, 1.82) is 0 Å². The van der Waals surface area contributed by atoms with Crippen molar-refractivity contribution in [2.24, 2.45) is 10.9 Å². The van der Waals surface area contributed by atoms with Gasteiger partial charge in [0, 0.05) is 31.1 Å². The summed E-state index contributed by atoms with van der Waals surface area (Å²) in [5.74, 6) is -0.567. The first-order valence-corrected chi connectivity index (χ1v) is 8.48. The Bertz CT molecular complexity index is 601. The average Bonchev–Trinajstić information content (AvgIpc) is 2.52. The van der Waals surface area contributed by atoms with Gasteiger partial charge in [0.15, 0.2) is 0 Å². The zero-order valence-corrected chi connectivity index (χ0v) is 15.2. The molecule has 0 bridgehead atoms. The number of rotatable bonds is 7. The number of carbonyl (C=O) groups excluding carboxylic acids is 2. The van der Waals surface area contributed by atoms with Crippen molar-refractivity contribution in [1.82, 2.24) is 10.2 Å². The van der Waals surface area contributed by atoms with E-state index in [0.29, 0.717) is 38.2 Å². The Hall–Kier alpha value is -1.38. The van der Waals surface area contributed by atoms with Crippen LogP contribution in [0.4, 0.5) is 0 Å². The number of nitrogens with zero attached hydrogens (tertiary/aromatic N) is 2. The van der Waals surface area contributed by atoms with Gasteiger partial charge in [0.1, 0.15) is 5.92 Å². The Balaban J connectivity index is 1.87. The minimum Gasteiger partial charge on any atom is -0.383 e. The van der Waals surface area contributed by atoms with E-state index in [4.69, 9.17) is 17.0 Å². The van der Waals surface area contributed by atoms with Gasteiger partial charge in [-0.1, -0.05) is 22.0 Å². The SMILES string of the molecule is COCCNC(=O)CCCN1C(=O)C2C=C(Br)C=CC2=NC1=S. The van der Waals surface area contributed by atoms with Crippen molar-refractivity contribution in [3.8, 4) is 0 Å². The quantitative estimate of drug-likeness (QED) is 0.520. The van der Waals surface area contributed by atoms with E-state index in [1.165, 1.54) is 4.90 Å². The number of allylic oxidation sites excluding steroid dienone is 3. The molecule has 0 aromatic rings. The van der Waals surface area contributed by atoms with E-state index in [1.807, 2.05) is 12.2 Å². The number of hydrogen-bond donors (Lipinski definition) is 1. The standard InChI is InChI=1S/C15H18BrN3O3S/c1-22-8-6-17-13(20)3-2-7-19-14(21)11-9-10(16)4-5-12(11)18-15(19)23/h4-5,9,11H,2-3,6-8H2,1H3,(H,17,20). The van der Waals surface area contributed by atoms with Gasteiger partial charge in [-0.2, -0.15) is 0 Å². The molecule has 0 radical (unpaired) electrons. The van der Waals surface area contributed by atoms with E-state index in [9.17, 15) is 9.59 Å². The number of methoxy groups -OCH3 is 1. The van der Waals surface area contributed by atoms with E-state index < -0.39 is 5.92 Å². The summed E-state index contributed by atoms with van der Waals surface area (Å²) < 4.78 is 5.71. The van der Waals surface area contributed by atoms with E-state index in [1.54, 1.807) is 13.2 Å². The highest BCUT2D eigenvalue weighted by Crippen LogP contribution is 2.25. The predicted octanol–water partition coefficient (Wildman–Crippen LogP) is 1.56. The van der Waals surface area contributed by atoms with E-state index in [-0.39, 0.29) is 16.9 Å². The second kappa shape index (κ2) is 8.47. The lowest BCUT2D eigenvalue weighted by molar-refractivity contribution is -0.129. The fraction of sp³-hybridized carbons (Fsp3) is 0.467. The molecular formula is C15H18BrN3O3S. The summed E-state index contributed by atoms with van der Waals surface area (Å²) in [6, 6.07) is 0. The molecule has 1 aliphatic heterocycles. The molecule has 2 aliphatic rings. The number of thiocarbonyl (C=S) groups is 1. The maximum Gasteiger partial charge on any atom is 0.241 e. The molecule has 2 amide bonds. The van der Waals surface area contributed by atoms with Crippen molar-refractivity contribution in [3.05, 3.63) is 22.7 Å². The molecule has 6 nitrogen and oxygen atoms in total. The van der Waals surface area contributed by atoms with Gasteiger partial charge in [-0.05, 0) is 30.8 Å². The number of carbonyl (C=O) groups is 2. The minimum atomic E-state index is -0.406. The normalized spacial score (nSPS) is 20.1. The topological polar surface area (TPSA) is 71.0 Å². The van der Waals surface area contributed by atoms with Crippen LogP contribution in [0.2, 0.25) is 0 Å². The summed E-state index contributed by atoms with van der Waals surface area (Å²) in [6.45, 7) is 1.35. The van der Waals surface area contributed by atoms with Crippen molar-refractivity contribution < 1.29 is 14.3 Å². The van der Waals surface area contributed by atoms with E-state index in [0.717, 1.165) is 4.48 Å². The highest BCUT2D eigenvalue weighted by Gasteiger charge is 2.34. The molecule has 1 aliphatic carbocycles. The molecule has 1 atom stereocenters. The van der Waals surface area contributed by atoms with Crippen LogP contribution in [0.3, 0.4) is 0 Å². The predicted molar refractivity (Wildman–Crippen MR) is 95.5 cm³/mol.